The normalized spacial score (nSPS) is 17.9. The van der Waals surface area contributed by atoms with Gasteiger partial charge in [0.15, 0.2) is 0 Å². The number of phenols is 1. The molecule has 2 atom stereocenters. The van der Waals surface area contributed by atoms with Crippen molar-refractivity contribution in [3.63, 3.8) is 0 Å². The Morgan fingerprint density at radius 3 is 2.73 bits per heavy atom. The third-order valence-electron chi connectivity index (χ3n) is 3.87. The van der Waals surface area contributed by atoms with Crippen LogP contribution in [0.1, 0.15) is 46.1 Å². The standard InChI is InChI=1S/C16H19N3O.C2H6/c1-4-11(3)15-8-13(5-2)18-19(15)14-7-6-12(10-17)16(20)9-14;1-2/h5-7,9,11,15,20H,2,4,8H2,1,3H3;1-2H3. The maximum atomic E-state index is 9.84. The van der Waals surface area contributed by atoms with Gasteiger partial charge in [-0.3, -0.25) is 5.01 Å². The second kappa shape index (κ2) is 8.23. The summed E-state index contributed by atoms with van der Waals surface area (Å²) in [4.78, 5) is 0. The molecule has 4 heteroatoms. The molecule has 1 aliphatic heterocycles. The van der Waals surface area contributed by atoms with Crippen molar-refractivity contribution in [1.82, 2.24) is 0 Å². The first kappa shape index (κ1) is 17.8. The monoisotopic (exact) mass is 299 g/mol. The minimum absolute atomic E-state index is 0.00449. The summed E-state index contributed by atoms with van der Waals surface area (Å²) < 4.78 is 0. The number of nitriles is 1. The van der Waals surface area contributed by atoms with Gasteiger partial charge in [0, 0.05) is 12.5 Å². The van der Waals surface area contributed by atoms with Crippen molar-refractivity contribution >= 4 is 11.4 Å². The lowest BCUT2D eigenvalue weighted by atomic mass is 9.94. The number of phenolic OH excluding ortho intramolecular Hbond substituents is 1. The lowest BCUT2D eigenvalue weighted by Gasteiger charge is -2.28. The number of hydrogen-bond acceptors (Lipinski definition) is 4. The highest BCUT2D eigenvalue weighted by atomic mass is 16.3. The molecule has 0 radical (unpaired) electrons. The predicted octanol–water partition coefficient (Wildman–Crippen LogP) is 4.46. The van der Waals surface area contributed by atoms with E-state index in [1.165, 1.54) is 0 Å². The fourth-order valence-electron chi connectivity index (χ4n) is 2.40. The molecule has 0 saturated carbocycles. The average Bonchev–Trinajstić information content (AvgIpc) is 3.00. The van der Waals surface area contributed by atoms with Crippen molar-refractivity contribution in [2.45, 2.75) is 46.6 Å². The number of anilines is 1. The zero-order chi connectivity index (χ0) is 16.7. The molecule has 2 unspecified atom stereocenters. The number of nitrogens with zero attached hydrogens (tertiary/aromatic N) is 3. The number of hydrogen-bond donors (Lipinski definition) is 1. The van der Waals surface area contributed by atoms with E-state index in [1.807, 2.05) is 31.0 Å². The van der Waals surface area contributed by atoms with Gasteiger partial charge in [-0.1, -0.05) is 40.7 Å². The van der Waals surface area contributed by atoms with Gasteiger partial charge in [0.2, 0.25) is 0 Å². The van der Waals surface area contributed by atoms with E-state index in [2.05, 4.69) is 25.5 Å². The van der Waals surface area contributed by atoms with Crippen LogP contribution in [0.25, 0.3) is 0 Å². The van der Waals surface area contributed by atoms with Gasteiger partial charge in [0.1, 0.15) is 11.8 Å². The van der Waals surface area contributed by atoms with E-state index in [0.717, 1.165) is 24.2 Å². The van der Waals surface area contributed by atoms with E-state index in [1.54, 1.807) is 18.2 Å². The molecule has 1 N–H and O–H groups in total. The summed E-state index contributed by atoms with van der Waals surface area (Å²) in [6, 6.07) is 7.27. The van der Waals surface area contributed by atoms with Crippen LogP contribution in [0.4, 0.5) is 5.69 Å². The third-order valence-corrected chi connectivity index (χ3v) is 3.87. The van der Waals surface area contributed by atoms with E-state index in [-0.39, 0.29) is 17.4 Å². The summed E-state index contributed by atoms with van der Waals surface area (Å²) in [7, 11) is 0. The molecule has 2 rings (SSSR count). The van der Waals surface area contributed by atoms with Crippen molar-refractivity contribution in [2.24, 2.45) is 11.0 Å². The number of benzene rings is 1. The van der Waals surface area contributed by atoms with Gasteiger partial charge in [-0.25, -0.2) is 0 Å². The molecule has 0 fully saturated rings. The number of rotatable bonds is 4. The average molecular weight is 299 g/mol. The minimum Gasteiger partial charge on any atom is -0.506 e. The van der Waals surface area contributed by atoms with Crippen molar-refractivity contribution < 1.29 is 5.11 Å². The summed E-state index contributed by atoms with van der Waals surface area (Å²) in [6.07, 6.45) is 3.70. The van der Waals surface area contributed by atoms with E-state index in [4.69, 9.17) is 5.26 Å². The van der Waals surface area contributed by atoms with Crippen LogP contribution in [0.2, 0.25) is 0 Å². The highest BCUT2D eigenvalue weighted by Crippen LogP contribution is 2.33. The van der Waals surface area contributed by atoms with Gasteiger partial charge < -0.3 is 5.11 Å². The smallest absolute Gasteiger partial charge is 0.135 e. The van der Waals surface area contributed by atoms with Gasteiger partial charge in [0.25, 0.3) is 0 Å². The van der Waals surface area contributed by atoms with Crippen molar-refractivity contribution in [3.8, 4) is 11.8 Å². The quantitative estimate of drug-likeness (QED) is 0.893. The summed E-state index contributed by atoms with van der Waals surface area (Å²) >= 11 is 0. The first-order valence-electron chi connectivity index (χ1n) is 7.83. The lowest BCUT2D eigenvalue weighted by Crippen LogP contribution is -2.32. The van der Waals surface area contributed by atoms with Crippen molar-refractivity contribution in [3.05, 3.63) is 36.4 Å². The Morgan fingerprint density at radius 1 is 1.55 bits per heavy atom. The molecule has 4 nitrogen and oxygen atoms in total. The van der Waals surface area contributed by atoms with Crippen LogP contribution >= 0.6 is 0 Å². The van der Waals surface area contributed by atoms with Crippen LogP contribution in [0.3, 0.4) is 0 Å². The second-order valence-corrected chi connectivity index (χ2v) is 5.11. The number of allylic oxidation sites excluding steroid dienone is 1. The maximum absolute atomic E-state index is 9.84. The van der Waals surface area contributed by atoms with Gasteiger partial charge in [0.05, 0.1) is 23.0 Å². The fourth-order valence-corrected chi connectivity index (χ4v) is 2.40. The van der Waals surface area contributed by atoms with E-state index >= 15 is 0 Å². The summed E-state index contributed by atoms with van der Waals surface area (Å²) in [6.45, 7) is 12.1. The SMILES string of the molecule is C=CC1=NN(c2ccc(C#N)c(O)c2)C(C(C)CC)C1.CC. The molecule has 22 heavy (non-hydrogen) atoms. The molecular weight excluding hydrogens is 274 g/mol. The number of aromatic hydroxyl groups is 1. The fraction of sp³-hybridized carbons (Fsp3) is 0.444. The number of hydrazone groups is 1. The summed E-state index contributed by atoms with van der Waals surface area (Å²) in [5.74, 6) is 0.476. The van der Waals surface area contributed by atoms with Crippen LogP contribution in [-0.4, -0.2) is 16.9 Å². The zero-order valence-corrected chi connectivity index (χ0v) is 13.9. The zero-order valence-electron chi connectivity index (χ0n) is 13.9. The van der Waals surface area contributed by atoms with E-state index in [0.29, 0.717) is 5.92 Å². The van der Waals surface area contributed by atoms with Gasteiger partial charge in [-0.05, 0) is 24.1 Å². The largest absolute Gasteiger partial charge is 0.506 e. The molecule has 118 valence electrons. The lowest BCUT2D eigenvalue weighted by molar-refractivity contribution is 0.440. The highest BCUT2D eigenvalue weighted by Gasteiger charge is 2.30. The third kappa shape index (κ3) is 3.67. The van der Waals surface area contributed by atoms with Crippen LogP contribution in [0.15, 0.2) is 36.0 Å². The Bertz CT molecular complexity index is 586. The van der Waals surface area contributed by atoms with Gasteiger partial charge in [-0.15, -0.1) is 0 Å². The first-order chi connectivity index (χ1) is 10.6. The molecule has 0 spiro atoms. The minimum atomic E-state index is -0.00449. The molecule has 0 bridgehead atoms. The topological polar surface area (TPSA) is 59.6 Å². The van der Waals surface area contributed by atoms with Gasteiger partial charge >= 0.3 is 0 Å². The molecule has 1 aromatic rings. The molecule has 0 aromatic heterocycles. The molecule has 1 heterocycles. The Hall–Kier alpha value is -2.28. The van der Waals surface area contributed by atoms with E-state index in [9.17, 15) is 5.11 Å². The van der Waals surface area contributed by atoms with Crippen LogP contribution in [0.5, 0.6) is 5.75 Å². The molecule has 0 aliphatic carbocycles. The predicted molar refractivity (Wildman–Crippen MR) is 92.1 cm³/mol. The van der Waals surface area contributed by atoms with Crippen molar-refractivity contribution in [2.75, 3.05) is 5.01 Å². The van der Waals surface area contributed by atoms with Gasteiger partial charge in [-0.2, -0.15) is 10.4 Å². The highest BCUT2D eigenvalue weighted by molar-refractivity contribution is 5.97. The van der Waals surface area contributed by atoms with E-state index < -0.39 is 0 Å². The molecule has 1 aromatic carbocycles. The Balaban J connectivity index is 0.00000116. The molecule has 1 aliphatic rings. The summed E-state index contributed by atoms with van der Waals surface area (Å²) in [5, 5.41) is 25.2. The molecule has 0 saturated heterocycles. The van der Waals surface area contributed by atoms with Crippen LogP contribution in [0, 0.1) is 17.2 Å². The molecular formula is C18H25N3O. The maximum Gasteiger partial charge on any atom is 0.135 e. The Kier molecular flexibility index (Phi) is 6.65. The molecule has 0 amide bonds. The van der Waals surface area contributed by atoms with Crippen LogP contribution < -0.4 is 5.01 Å². The van der Waals surface area contributed by atoms with Crippen LogP contribution in [-0.2, 0) is 0 Å². The second-order valence-electron chi connectivity index (χ2n) is 5.11. The Labute approximate surface area is 133 Å². The van der Waals surface area contributed by atoms with Crippen molar-refractivity contribution in [1.29, 1.82) is 5.26 Å². The first-order valence-corrected chi connectivity index (χ1v) is 7.83. The summed E-state index contributed by atoms with van der Waals surface area (Å²) in [5.41, 5.74) is 2.05. The Morgan fingerprint density at radius 2 is 2.23 bits per heavy atom.